The van der Waals surface area contributed by atoms with Gasteiger partial charge in [-0.1, -0.05) is 39.0 Å². The molecule has 0 bridgehead atoms. The second-order valence-corrected chi connectivity index (χ2v) is 5.07. The summed E-state index contributed by atoms with van der Waals surface area (Å²) in [5.41, 5.74) is 11.7. The Labute approximate surface area is 102 Å². The first-order valence-corrected chi connectivity index (χ1v) is 5.59. The molecule has 17 heavy (non-hydrogen) atoms. The lowest BCUT2D eigenvalue weighted by molar-refractivity contribution is -0.119. The van der Waals surface area contributed by atoms with Gasteiger partial charge >= 0.3 is 0 Å². The average molecular weight is 236 g/mol. The topological polar surface area (TPSA) is 78.3 Å². The Balaban J connectivity index is 2.81. The van der Waals surface area contributed by atoms with Gasteiger partial charge in [-0.3, -0.25) is 4.79 Å². The molecule has 0 radical (unpaired) electrons. The third-order valence-corrected chi connectivity index (χ3v) is 2.48. The molecule has 0 fully saturated rings. The third-order valence-electron chi connectivity index (χ3n) is 2.48. The van der Waals surface area contributed by atoms with Crippen LogP contribution < -0.4 is 16.2 Å². The zero-order valence-corrected chi connectivity index (χ0v) is 10.6. The normalized spacial score (nSPS) is 13.2. The molecule has 0 aliphatic rings. The van der Waals surface area contributed by atoms with Crippen LogP contribution in [0.25, 0.3) is 0 Å². The number of benzene rings is 1. The van der Waals surface area contributed by atoms with Gasteiger partial charge in [0.15, 0.2) is 0 Å². The Morgan fingerprint density at radius 1 is 1.35 bits per heavy atom. The minimum atomic E-state index is -0.775. The van der Waals surface area contributed by atoms with Crippen LogP contribution in [0.3, 0.4) is 0 Å². The van der Waals surface area contributed by atoms with Gasteiger partial charge in [0.1, 0.15) is 18.4 Å². The van der Waals surface area contributed by atoms with E-state index in [9.17, 15) is 4.79 Å². The van der Waals surface area contributed by atoms with Crippen molar-refractivity contribution >= 4 is 5.91 Å². The number of ether oxygens (including phenoxy) is 1. The van der Waals surface area contributed by atoms with Crippen LogP contribution >= 0.6 is 0 Å². The van der Waals surface area contributed by atoms with Gasteiger partial charge in [-0.15, -0.1) is 0 Å². The van der Waals surface area contributed by atoms with Crippen LogP contribution in [0.15, 0.2) is 24.3 Å². The van der Waals surface area contributed by atoms with E-state index in [0.717, 1.165) is 11.3 Å². The van der Waals surface area contributed by atoms with Crippen molar-refractivity contribution in [2.45, 2.75) is 32.2 Å². The summed E-state index contributed by atoms with van der Waals surface area (Å²) in [4.78, 5) is 10.8. The quantitative estimate of drug-likeness (QED) is 0.823. The van der Waals surface area contributed by atoms with Crippen LogP contribution in [-0.4, -0.2) is 18.6 Å². The standard InChI is InChI=1S/C13H20N2O2/c1-13(2,3)9-6-4-5-7-11(9)17-8-10(14)12(15)16/h4-7,10H,8,14H2,1-3H3,(H2,15,16). The van der Waals surface area contributed by atoms with Crippen LogP contribution in [0.2, 0.25) is 0 Å². The molecular formula is C13H20N2O2. The summed E-state index contributed by atoms with van der Waals surface area (Å²) in [5, 5.41) is 0. The van der Waals surface area contributed by atoms with E-state index in [2.05, 4.69) is 20.8 Å². The molecular weight excluding hydrogens is 216 g/mol. The van der Waals surface area contributed by atoms with Crippen molar-refractivity contribution < 1.29 is 9.53 Å². The molecule has 4 heteroatoms. The van der Waals surface area contributed by atoms with Gasteiger partial charge in [0.25, 0.3) is 0 Å². The highest BCUT2D eigenvalue weighted by Crippen LogP contribution is 2.30. The monoisotopic (exact) mass is 236 g/mol. The predicted octanol–water partition coefficient (Wildman–Crippen LogP) is 1.18. The number of hydrogen-bond donors (Lipinski definition) is 2. The molecule has 0 aliphatic carbocycles. The zero-order valence-electron chi connectivity index (χ0n) is 10.6. The molecule has 0 saturated heterocycles. The number of para-hydroxylation sites is 1. The van der Waals surface area contributed by atoms with Gasteiger partial charge in [-0.2, -0.15) is 0 Å². The van der Waals surface area contributed by atoms with E-state index < -0.39 is 11.9 Å². The summed E-state index contributed by atoms with van der Waals surface area (Å²) in [6.45, 7) is 6.40. The van der Waals surface area contributed by atoms with E-state index in [1.165, 1.54) is 0 Å². The van der Waals surface area contributed by atoms with Crippen molar-refractivity contribution in [3.05, 3.63) is 29.8 Å². The van der Waals surface area contributed by atoms with Gasteiger partial charge in [-0.25, -0.2) is 0 Å². The minimum absolute atomic E-state index is 0.0204. The maximum absolute atomic E-state index is 10.8. The summed E-state index contributed by atoms with van der Waals surface area (Å²) >= 11 is 0. The Morgan fingerprint density at radius 2 is 1.94 bits per heavy atom. The van der Waals surface area contributed by atoms with E-state index in [4.69, 9.17) is 16.2 Å². The van der Waals surface area contributed by atoms with Gasteiger partial charge in [0.2, 0.25) is 5.91 Å². The second kappa shape index (κ2) is 5.19. The predicted molar refractivity (Wildman–Crippen MR) is 67.8 cm³/mol. The highest BCUT2D eigenvalue weighted by Gasteiger charge is 2.19. The lowest BCUT2D eigenvalue weighted by atomic mass is 9.86. The lowest BCUT2D eigenvalue weighted by Gasteiger charge is -2.23. The smallest absolute Gasteiger partial charge is 0.237 e. The first kappa shape index (κ1) is 13.5. The van der Waals surface area contributed by atoms with E-state index in [1.807, 2.05) is 24.3 Å². The largest absolute Gasteiger partial charge is 0.491 e. The molecule has 1 unspecified atom stereocenters. The second-order valence-electron chi connectivity index (χ2n) is 5.07. The van der Waals surface area contributed by atoms with Gasteiger partial charge < -0.3 is 16.2 Å². The fraction of sp³-hybridized carbons (Fsp3) is 0.462. The molecule has 1 aromatic carbocycles. The number of nitrogens with two attached hydrogens (primary N) is 2. The Bertz CT molecular complexity index is 397. The first-order chi connectivity index (χ1) is 7.82. The summed E-state index contributed by atoms with van der Waals surface area (Å²) in [6, 6.07) is 6.95. The summed E-state index contributed by atoms with van der Waals surface area (Å²) in [7, 11) is 0. The molecule has 0 spiro atoms. The number of rotatable bonds is 4. The molecule has 1 amide bonds. The lowest BCUT2D eigenvalue weighted by Crippen LogP contribution is -2.41. The highest BCUT2D eigenvalue weighted by atomic mass is 16.5. The molecule has 1 aromatic rings. The van der Waals surface area contributed by atoms with Crippen LogP contribution in [0, 0.1) is 0 Å². The molecule has 1 atom stereocenters. The zero-order chi connectivity index (χ0) is 13.1. The van der Waals surface area contributed by atoms with Gasteiger partial charge in [0.05, 0.1) is 0 Å². The van der Waals surface area contributed by atoms with Crippen LogP contribution in [0.1, 0.15) is 26.3 Å². The minimum Gasteiger partial charge on any atom is -0.491 e. The van der Waals surface area contributed by atoms with E-state index in [-0.39, 0.29) is 12.0 Å². The SMILES string of the molecule is CC(C)(C)c1ccccc1OCC(N)C(N)=O. The number of amides is 1. The maximum atomic E-state index is 10.8. The molecule has 4 N–H and O–H groups in total. The Morgan fingerprint density at radius 3 is 2.47 bits per heavy atom. The van der Waals surface area contributed by atoms with Gasteiger partial charge in [0, 0.05) is 0 Å². The Kier molecular flexibility index (Phi) is 4.12. The average Bonchev–Trinajstić information content (AvgIpc) is 2.24. The molecule has 0 aliphatic heterocycles. The fourth-order valence-corrected chi connectivity index (χ4v) is 1.47. The summed E-state index contributed by atoms with van der Waals surface area (Å²) in [6.07, 6.45) is 0. The van der Waals surface area contributed by atoms with Crippen molar-refractivity contribution in [2.75, 3.05) is 6.61 Å². The molecule has 1 rings (SSSR count). The molecule has 0 saturated carbocycles. The van der Waals surface area contributed by atoms with Gasteiger partial charge in [-0.05, 0) is 17.0 Å². The van der Waals surface area contributed by atoms with E-state index in [1.54, 1.807) is 0 Å². The molecule has 94 valence electrons. The van der Waals surface area contributed by atoms with Crippen molar-refractivity contribution in [2.24, 2.45) is 11.5 Å². The maximum Gasteiger partial charge on any atom is 0.237 e. The summed E-state index contributed by atoms with van der Waals surface area (Å²) in [5.74, 6) is 0.190. The summed E-state index contributed by atoms with van der Waals surface area (Å²) < 4.78 is 5.56. The van der Waals surface area contributed by atoms with Crippen LogP contribution in [0.5, 0.6) is 5.75 Å². The number of carbonyl (C=O) groups is 1. The van der Waals surface area contributed by atoms with Crippen molar-refractivity contribution in [1.29, 1.82) is 0 Å². The molecule has 0 heterocycles. The third kappa shape index (κ3) is 3.75. The van der Waals surface area contributed by atoms with E-state index in [0.29, 0.717) is 0 Å². The highest BCUT2D eigenvalue weighted by molar-refractivity contribution is 5.79. The molecule has 4 nitrogen and oxygen atoms in total. The van der Waals surface area contributed by atoms with Crippen molar-refractivity contribution in [3.8, 4) is 5.75 Å². The molecule has 0 aromatic heterocycles. The van der Waals surface area contributed by atoms with Crippen molar-refractivity contribution in [1.82, 2.24) is 0 Å². The number of primary amides is 1. The van der Waals surface area contributed by atoms with Crippen molar-refractivity contribution in [3.63, 3.8) is 0 Å². The van der Waals surface area contributed by atoms with Crippen LogP contribution in [0.4, 0.5) is 0 Å². The Hall–Kier alpha value is -1.55. The first-order valence-electron chi connectivity index (χ1n) is 5.59. The number of carbonyl (C=O) groups excluding carboxylic acids is 1. The van der Waals surface area contributed by atoms with E-state index >= 15 is 0 Å². The fourth-order valence-electron chi connectivity index (χ4n) is 1.47. The number of hydrogen-bond acceptors (Lipinski definition) is 3. The van der Waals surface area contributed by atoms with Crippen LogP contribution in [-0.2, 0) is 10.2 Å².